The van der Waals surface area contributed by atoms with Crippen LogP contribution in [0.3, 0.4) is 0 Å². The molecule has 0 saturated carbocycles. The Morgan fingerprint density at radius 1 is 1.17 bits per heavy atom. The normalized spacial score (nSPS) is 10.6. The lowest BCUT2D eigenvalue weighted by Gasteiger charge is -2.07. The highest BCUT2D eigenvalue weighted by molar-refractivity contribution is 6.31. The zero-order chi connectivity index (χ0) is 16.4. The molecule has 116 valence electrons. The van der Waals surface area contributed by atoms with Gasteiger partial charge in [-0.1, -0.05) is 17.7 Å². The van der Waals surface area contributed by atoms with E-state index >= 15 is 0 Å². The van der Waals surface area contributed by atoms with Crippen LogP contribution < -0.4 is 5.32 Å². The van der Waals surface area contributed by atoms with Gasteiger partial charge in [0, 0.05) is 16.9 Å². The first-order valence-corrected chi connectivity index (χ1v) is 7.30. The van der Waals surface area contributed by atoms with Crippen molar-refractivity contribution in [3.8, 4) is 5.69 Å². The summed E-state index contributed by atoms with van der Waals surface area (Å²) in [5.41, 5.74) is 2.47. The predicted molar refractivity (Wildman–Crippen MR) is 87.7 cm³/mol. The maximum absolute atomic E-state index is 12.9. The molecular formula is C17H13ClFN3O. The molecule has 3 aromatic rings. The Morgan fingerprint density at radius 2 is 1.91 bits per heavy atom. The van der Waals surface area contributed by atoms with Crippen LogP contribution >= 0.6 is 11.6 Å². The number of aromatic nitrogens is 2. The van der Waals surface area contributed by atoms with Gasteiger partial charge in [-0.3, -0.25) is 4.79 Å². The summed E-state index contributed by atoms with van der Waals surface area (Å²) >= 11 is 5.94. The smallest absolute Gasteiger partial charge is 0.276 e. The summed E-state index contributed by atoms with van der Waals surface area (Å²) in [7, 11) is 0. The molecule has 0 fully saturated rings. The van der Waals surface area contributed by atoms with E-state index in [0.717, 1.165) is 5.56 Å². The van der Waals surface area contributed by atoms with Crippen molar-refractivity contribution in [2.45, 2.75) is 6.92 Å². The van der Waals surface area contributed by atoms with Gasteiger partial charge in [0.2, 0.25) is 0 Å². The number of benzene rings is 2. The van der Waals surface area contributed by atoms with E-state index < -0.39 is 0 Å². The van der Waals surface area contributed by atoms with E-state index in [-0.39, 0.29) is 17.4 Å². The first-order valence-electron chi connectivity index (χ1n) is 6.92. The molecule has 0 aliphatic carbocycles. The lowest BCUT2D eigenvalue weighted by atomic mass is 10.2. The fourth-order valence-electron chi connectivity index (χ4n) is 2.10. The summed E-state index contributed by atoms with van der Waals surface area (Å²) in [5.74, 6) is -0.661. The number of hydrogen-bond acceptors (Lipinski definition) is 2. The summed E-state index contributed by atoms with van der Waals surface area (Å²) in [4.78, 5) is 12.3. The minimum absolute atomic E-state index is 0.258. The van der Waals surface area contributed by atoms with E-state index in [0.29, 0.717) is 16.4 Å². The van der Waals surface area contributed by atoms with Crippen molar-refractivity contribution in [2.24, 2.45) is 0 Å². The van der Waals surface area contributed by atoms with Crippen molar-refractivity contribution in [1.82, 2.24) is 9.78 Å². The summed E-state index contributed by atoms with van der Waals surface area (Å²) in [6, 6.07) is 12.7. The number of rotatable bonds is 3. The predicted octanol–water partition coefficient (Wildman–Crippen LogP) is 4.23. The zero-order valence-corrected chi connectivity index (χ0v) is 13.0. The summed E-state index contributed by atoms with van der Waals surface area (Å²) < 4.78 is 14.5. The second-order valence-electron chi connectivity index (χ2n) is 5.04. The average molecular weight is 330 g/mol. The number of carbonyl (C=O) groups excluding carboxylic acids is 1. The number of carbonyl (C=O) groups is 1. The van der Waals surface area contributed by atoms with Gasteiger partial charge in [-0.25, -0.2) is 9.07 Å². The molecule has 0 bridgehead atoms. The van der Waals surface area contributed by atoms with Crippen molar-refractivity contribution in [2.75, 3.05) is 5.32 Å². The van der Waals surface area contributed by atoms with Crippen molar-refractivity contribution >= 4 is 23.2 Å². The molecule has 0 spiro atoms. The first kappa shape index (κ1) is 15.2. The molecule has 1 amide bonds. The van der Waals surface area contributed by atoms with Gasteiger partial charge in [0.1, 0.15) is 5.82 Å². The lowest BCUT2D eigenvalue weighted by Crippen LogP contribution is -2.14. The van der Waals surface area contributed by atoms with Crippen LogP contribution in [0.5, 0.6) is 0 Å². The first-order chi connectivity index (χ1) is 11.0. The molecule has 0 unspecified atom stereocenters. The molecule has 3 rings (SSSR count). The second kappa shape index (κ2) is 6.22. The van der Waals surface area contributed by atoms with E-state index in [1.807, 2.05) is 13.0 Å². The molecule has 1 N–H and O–H groups in total. The highest BCUT2D eigenvalue weighted by Gasteiger charge is 2.12. The van der Waals surface area contributed by atoms with Gasteiger partial charge < -0.3 is 5.32 Å². The largest absolute Gasteiger partial charge is 0.320 e. The third-order valence-corrected chi connectivity index (χ3v) is 3.60. The van der Waals surface area contributed by atoms with Crippen molar-refractivity contribution in [1.29, 1.82) is 0 Å². The maximum Gasteiger partial charge on any atom is 0.276 e. The monoisotopic (exact) mass is 329 g/mol. The summed E-state index contributed by atoms with van der Waals surface area (Å²) in [6.07, 6.45) is 1.65. The van der Waals surface area contributed by atoms with Crippen LogP contribution in [0, 0.1) is 12.7 Å². The Bertz CT molecular complexity index is 859. The third-order valence-electron chi connectivity index (χ3n) is 3.36. The Morgan fingerprint density at radius 3 is 2.65 bits per heavy atom. The Labute approximate surface area is 137 Å². The van der Waals surface area contributed by atoms with E-state index in [1.54, 1.807) is 36.5 Å². The zero-order valence-electron chi connectivity index (χ0n) is 12.3. The van der Waals surface area contributed by atoms with Gasteiger partial charge >= 0.3 is 0 Å². The topological polar surface area (TPSA) is 46.9 Å². The van der Waals surface area contributed by atoms with Gasteiger partial charge in [-0.15, -0.1) is 0 Å². The molecule has 1 heterocycles. The molecule has 4 nitrogen and oxygen atoms in total. The van der Waals surface area contributed by atoms with E-state index in [2.05, 4.69) is 10.4 Å². The summed E-state index contributed by atoms with van der Waals surface area (Å²) in [6.45, 7) is 1.88. The number of aryl methyl sites for hydroxylation is 1. The van der Waals surface area contributed by atoms with Gasteiger partial charge in [0.15, 0.2) is 5.69 Å². The van der Waals surface area contributed by atoms with Crippen LogP contribution in [0.4, 0.5) is 10.1 Å². The quantitative estimate of drug-likeness (QED) is 0.781. The van der Waals surface area contributed by atoms with Gasteiger partial charge in [-0.05, 0) is 55.0 Å². The molecule has 1 aromatic heterocycles. The SMILES string of the molecule is Cc1ccc(Cl)cc1NC(=O)c1ccn(-c2ccc(F)cc2)n1. The molecular weight excluding hydrogens is 317 g/mol. The molecule has 0 saturated heterocycles. The van der Waals surface area contributed by atoms with Crippen LogP contribution in [-0.4, -0.2) is 15.7 Å². The van der Waals surface area contributed by atoms with Crippen molar-refractivity contribution in [3.63, 3.8) is 0 Å². The van der Waals surface area contributed by atoms with Crippen LogP contribution in [0.1, 0.15) is 16.1 Å². The fourth-order valence-corrected chi connectivity index (χ4v) is 2.27. The Balaban J connectivity index is 1.81. The van der Waals surface area contributed by atoms with Crippen LogP contribution in [0.15, 0.2) is 54.7 Å². The molecule has 0 atom stereocenters. The number of nitrogens with zero attached hydrogens (tertiary/aromatic N) is 2. The Kier molecular flexibility index (Phi) is 4.12. The van der Waals surface area contributed by atoms with E-state index in [1.165, 1.54) is 16.8 Å². The van der Waals surface area contributed by atoms with Gasteiger partial charge in [0.05, 0.1) is 5.69 Å². The van der Waals surface area contributed by atoms with Gasteiger partial charge in [0.25, 0.3) is 5.91 Å². The molecule has 0 radical (unpaired) electrons. The van der Waals surface area contributed by atoms with Crippen LogP contribution in [0.2, 0.25) is 5.02 Å². The molecule has 0 aliphatic heterocycles. The van der Waals surface area contributed by atoms with Crippen LogP contribution in [-0.2, 0) is 0 Å². The number of anilines is 1. The molecule has 0 aliphatic rings. The lowest BCUT2D eigenvalue weighted by molar-refractivity contribution is 0.102. The minimum atomic E-state index is -0.337. The van der Waals surface area contributed by atoms with Gasteiger partial charge in [-0.2, -0.15) is 5.10 Å². The maximum atomic E-state index is 12.9. The molecule has 2 aromatic carbocycles. The summed E-state index contributed by atoms with van der Waals surface area (Å²) in [5, 5.41) is 7.53. The highest BCUT2D eigenvalue weighted by atomic mass is 35.5. The third kappa shape index (κ3) is 3.40. The molecule has 6 heteroatoms. The van der Waals surface area contributed by atoms with E-state index in [4.69, 9.17) is 11.6 Å². The van der Waals surface area contributed by atoms with E-state index in [9.17, 15) is 9.18 Å². The number of amides is 1. The highest BCUT2D eigenvalue weighted by Crippen LogP contribution is 2.20. The number of hydrogen-bond donors (Lipinski definition) is 1. The van der Waals surface area contributed by atoms with Crippen molar-refractivity contribution < 1.29 is 9.18 Å². The molecule has 23 heavy (non-hydrogen) atoms. The standard InChI is InChI=1S/C17H13ClFN3O/c1-11-2-3-12(18)10-16(11)20-17(23)15-8-9-22(21-15)14-6-4-13(19)5-7-14/h2-10H,1H3,(H,20,23). The van der Waals surface area contributed by atoms with Crippen LogP contribution in [0.25, 0.3) is 5.69 Å². The minimum Gasteiger partial charge on any atom is -0.320 e. The average Bonchev–Trinajstić information content (AvgIpc) is 3.02. The fraction of sp³-hybridized carbons (Fsp3) is 0.0588. The number of halogens is 2. The number of nitrogens with one attached hydrogen (secondary N) is 1. The van der Waals surface area contributed by atoms with Crippen molar-refractivity contribution in [3.05, 3.63) is 76.8 Å². The second-order valence-corrected chi connectivity index (χ2v) is 5.47. The Hall–Kier alpha value is -2.66.